The van der Waals surface area contributed by atoms with E-state index in [4.69, 9.17) is 21.1 Å². The summed E-state index contributed by atoms with van der Waals surface area (Å²) in [5.74, 6) is -1.24. The summed E-state index contributed by atoms with van der Waals surface area (Å²) in [7, 11) is 1.53. The molecule has 0 saturated carbocycles. The van der Waals surface area contributed by atoms with Gasteiger partial charge in [-0.25, -0.2) is 9.18 Å². The van der Waals surface area contributed by atoms with Crippen LogP contribution in [0.25, 0.3) is 0 Å². The van der Waals surface area contributed by atoms with Crippen LogP contribution in [0.2, 0.25) is 5.02 Å². The predicted octanol–water partition coefficient (Wildman–Crippen LogP) is 3.99. The number of rotatable bonds is 7. The van der Waals surface area contributed by atoms with Crippen LogP contribution in [0.5, 0.6) is 5.75 Å². The van der Waals surface area contributed by atoms with E-state index in [0.29, 0.717) is 11.3 Å². The fourth-order valence-corrected chi connectivity index (χ4v) is 2.59. The highest BCUT2D eigenvalue weighted by Gasteiger charge is 2.26. The van der Waals surface area contributed by atoms with E-state index in [9.17, 15) is 14.0 Å². The lowest BCUT2D eigenvalue weighted by Crippen LogP contribution is -2.45. The Morgan fingerprint density at radius 3 is 2.37 bits per heavy atom. The fourth-order valence-electron chi connectivity index (χ4n) is 2.37. The maximum Gasteiger partial charge on any atom is 0.329 e. The largest absolute Gasteiger partial charge is 0.497 e. The van der Waals surface area contributed by atoms with Crippen LogP contribution < -0.4 is 10.1 Å². The van der Waals surface area contributed by atoms with Gasteiger partial charge in [0, 0.05) is 11.1 Å². The maximum atomic E-state index is 13.8. The van der Waals surface area contributed by atoms with Gasteiger partial charge in [0.05, 0.1) is 12.1 Å². The van der Waals surface area contributed by atoms with E-state index >= 15 is 0 Å². The minimum absolute atomic E-state index is 0.0940. The van der Waals surface area contributed by atoms with Gasteiger partial charge < -0.3 is 14.8 Å². The average molecular weight is 394 g/mol. The van der Waals surface area contributed by atoms with Gasteiger partial charge in [0.15, 0.2) is 0 Å². The minimum Gasteiger partial charge on any atom is -0.497 e. The normalized spacial score (nSPS) is 11.8. The highest BCUT2D eigenvalue weighted by Crippen LogP contribution is 2.20. The standard InChI is InChI=1S/C20H21ClFNO4/c1-12(2)18(23-19(24)13-7-9-14(26-3)10-8-13)20(25)27-11-15-16(21)5-4-6-17(15)22/h4-10,12,18H,11H2,1-3H3,(H,23,24)/t18-/m0/s1. The molecule has 0 bridgehead atoms. The summed E-state index contributed by atoms with van der Waals surface area (Å²) in [6.07, 6.45) is 0. The van der Waals surface area contributed by atoms with Crippen LogP contribution in [-0.2, 0) is 16.1 Å². The summed E-state index contributed by atoms with van der Waals surface area (Å²) in [6, 6.07) is 9.82. The average Bonchev–Trinajstić information content (AvgIpc) is 2.65. The van der Waals surface area contributed by atoms with Gasteiger partial charge in [0.1, 0.15) is 24.2 Å². The molecule has 2 aromatic carbocycles. The SMILES string of the molecule is COc1ccc(C(=O)N[C@H](C(=O)OCc2c(F)cccc2Cl)C(C)C)cc1. The molecule has 0 radical (unpaired) electrons. The molecule has 0 aliphatic rings. The van der Waals surface area contributed by atoms with E-state index in [1.807, 2.05) is 0 Å². The Bertz CT molecular complexity index is 788. The molecule has 1 atom stereocenters. The number of amides is 1. The van der Waals surface area contributed by atoms with Crippen molar-refractivity contribution in [2.24, 2.45) is 5.92 Å². The first-order valence-corrected chi connectivity index (χ1v) is 8.75. The van der Waals surface area contributed by atoms with E-state index in [-0.39, 0.29) is 23.1 Å². The Morgan fingerprint density at radius 2 is 1.81 bits per heavy atom. The lowest BCUT2D eigenvalue weighted by atomic mass is 10.0. The van der Waals surface area contributed by atoms with Gasteiger partial charge in [-0.05, 0) is 42.3 Å². The Balaban J connectivity index is 2.04. The van der Waals surface area contributed by atoms with Crippen molar-refractivity contribution in [3.8, 4) is 5.75 Å². The topological polar surface area (TPSA) is 64.6 Å². The number of nitrogens with one attached hydrogen (secondary N) is 1. The van der Waals surface area contributed by atoms with Crippen LogP contribution in [0.3, 0.4) is 0 Å². The van der Waals surface area contributed by atoms with Gasteiger partial charge >= 0.3 is 5.97 Å². The van der Waals surface area contributed by atoms with Crippen LogP contribution >= 0.6 is 11.6 Å². The molecule has 1 N–H and O–H groups in total. The zero-order valence-corrected chi connectivity index (χ0v) is 16.0. The van der Waals surface area contributed by atoms with Gasteiger partial charge in [-0.15, -0.1) is 0 Å². The smallest absolute Gasteiger partial charge is 0.329 e. The molecule has 2 aromatic rings. The van der Waals surface area contributed by atoms with E-state index < -0.39 is 23.7 Å². The molecule has 2 rings (SSSR count). The van der Waals surface area contributed by atoms with Crippen molar-refractivity contribution in [3.05, 3.63) is 64.4 Å². The summed E-state index contributed by atoms with van der Waals surface area (Å²) in [5, 5.41) is 2.83. The summed E-state index contributed by atoms with van der Waals surface area (Å²) in [6.45, 7) is 3.23. The number of hydrogen-bond acceptors (Lipinski definition) is 4. The third kappa shape index (κ3) is 5.44. The van der Waals surface area contributed by atoms with E-state index in [0.717, 1.165) is 0 Å². The number of carbonyl (C=O) groups excluding carboxylic acids is 2. The molecule has 0 aromatic heterocycles. The van der Waals surface area contributed by atoms with Crippen LogP contribution in [0.15, 0.2) is 42.5 Å². The maximum absolute atomic E-state index is 13.8. The molecule has 144 valence electrons. The second kappa shape index (κ2) is 9.37. The van der Waals surface area contributed by atoms with Crippen LogP contribution in [0, 0.1) is 11.7 Å². The first-order chi connectivity index (χ1) is 12.8. The van der Waals surface area contributed by atoms with Gasteiger partial charge in [-0.3, -0.25) is 4.79 Å². The molecule has 0 saturated heterocycles. The molecule has 27 heavy (non-hydrogen) atoms. The van der Waals surface area contributed by atoms with E-state index in [1.165, 1.54) is 25.3 Å². The summed E-state index contributed by atoms with van der Waals surface area (Å²) in [4.78, 5) is 24.8. The van der Waals surface area contributed by atoms with Gasteiger partial charge in [0.2, 0.25) is 0 Å². The van der Waals surface area contributed by atoms with Gasteiger partial charge in [-0.2, -0.15) is 0 Å². The molecular formula is C20H21ClFNO4. The number of hydrogen-bond donors (Lipinski definition) is 1. The van der Waals surface area contributed by atoms with Crippen molar-refractivity contribution in [1.29, 1.82) is 0 Å². The third-order valence-corrected chi connectivity index (χ3v) is 4.33. The molecule has 0 unspecified atom stereocenters. The molecule has 7 heteroatoms. The molecule has 0 aliphatic carbocycles. The van der Waals surface area contributed by atoms with Crippen molar-refractivity contribution in [3.63, 3.8) is 0 Å². The zero-order valence-electron chi connectivity index (χ0n) is 15.3. The fraction of sp³-hybridized carbons (Fsp3) is 0.300. The highest BCUT2D eigenvalue weighted by atomic mass is 35.5. The quantitative estimate of drug-likeness (QED) is 0.722. The van der Waals surface area contributed by atoms with Crippen molar-refractivity contribution in [2.45, 2.75) is 26.5 Å². The van der Waals surface area contributed by atoms with Crippen LogP contribution in [-0.4, -0.2) is 25.0 Å². The summed E-state index contributed by atoms with van der Waals surface area (Å²) in [5.41, 5.74) is 0.475. The van der Waals surface area contributed by atoms with Crippen molar-refractivity contribution in [1.82, 2.24) is 5.32 Å². The van der Waals surface area contributed by atoms with Gasteiger partial charge in [0.25, 0.3) is 5.91 Å². The molecule has 0 aliphatic heterocycles. The third-order valence-electron chi connectivity index (χ3n) is 3.98. The second-order valence-electron chi connectivity index (χ2n) is 6.23. The molecule has 0 fully saturated rings. The van der Waals surface area contributed by atoms with Crippen molar-refractivity contribution < 1.29 is 23.5 Å². The van der Waals surface area contributed by atoms with E-state index in [1.54, 1.807) is 38.1 Å². The molecular weight excluding hydrogens is 373 g/mol. The first-order valence-electron chi connectivity index (χ1n) is 8.38. The molecule has 1 amide bonds. The lowest BCUT2D eigenvalue weighted by Gasteiger charge is -2.21. The molecule has 5 nitrogen and oxygen atoms in total. The number of benzene rings is 2. The summed E-state index contributed by atoms with van der Waals surface area (Å²) < 4.78 is 24.0. The first kappa shape index (κ1) is 20.7. The Labute approximate surface area is 162 Å². The van der Waals surface area contributed by atoms with Gasteiger partial charge in [-0.1, -0.05) is 31.5 Å². The Hall–Kier alpha value is -2.60. The van der Waals surface area contributed by atoms with Crippen LogP contribution in [0.1, 0.15) is 29.8 Å². The minimum atomic E-state index is -0.884. The number of carbonyl (C=O) groups is 2. The second-order valence-corrected chi connectivity index (χ2v) is 6.64. The predicted molar refractivity (Wildman–Crippen MR) is 100 cm³/mol. The monoisotopic (exact) mass is 393 g/mol. The Kier molecular flexibility index (Phi) is 7.19. The number of halogens is 2. The van der Waals surface area contributed by atoms with E-state index in [2.05, 4.69) is 5.32 Å². The lowest BCUT2D eigenvalue weighted by molar-refractivity contribution is -0.148. The number of esters is 1. The Morgan fingerprint density at radius 1 is 1.15 bits per heavy atom. The van der Waals surface area contributed by atoms with Crippen molar-refractivity contribution in [2.75, 3.05) is 7.11 Å². The van der Waals surface area contributed by atoms with Crippen LogP contribution in [0.4, 0.5) is 4.39 Å². The molecule has 0 heterocycles. The van der Waals surface area contributed by atoms with Crippen molar-refractivity contribution >= 4 is 23.5 Å². The number of methoxy groups -OCH3 is 1. The zero-order chi connectivity index (χ0) is 20.0. The number of ether oxygens (including phenoxy) is 2. The highest BCUT2D eigenvalue weighted by molar-refractivity contribution is 6.31. The molecule has 0 spiro atoms. The summed E-state index contributed by atoms with van der Waals surface area (Å²) >= 11 is 5.93.